The molecule has 1 unspecified atom stereocenters. The molecule has 2 rings (SSSR count). The highest BCUT2D eigenvalue weighted by molar-refractivity contribution is 4.78. The molecular weight excluding hydrogens is 210 g/mol. The highest BCUT2D eigenvalue weighted by atomic mass is 15.2. The zero-order chi connectivity index (χ0) is 11.9. The Morgan fingerprint density at radius 3 is 2.71 bits per heavy atom. The van der Waals surface area contributed by atoms with Crippen LogP contribution in [0.2, 0.25) is 0 Å². The molecule has 0 aliphatic carbocycles. The van der Waals surface area contributed by atoms with Crippen molar-refractivity contribution < 1.29 is 0 Å². The Labute approximate surface area is 107 Å². The highest BCUT2D eigenvalue weighted by Crippen LogP contribution is 2.12. The molecule has 17 heavy (non-hydrogen) atoms. The summed E-state index contributed by atoms with van der Waals surface area (Å²) >= 11 is 0. The van der Waals surface area contributed by atoms with Crippen LogP contribution in [0.1, 0.15) is 39.0 Å². The van der Waals surface area contributed by atoms with Gasteiger partial charge >= 0.3 is 0 Å². The Kier molecular flexibility index (Phi) is 5.75. The number of nitrogens with one attached hydrogen (secondary N) is 1. The summed E-state index contributed by atoms with van der Waals surface area (Å²) in [6.45, 7) is 11.3. The molecule has 0 bridgehead atoms. The van der Waals surface area contributed by atoms with Gasteiger partial charge in [0.05, 0.1) is 0 Å². The molecule has 2 aliphatic rings. The molecule has 1 atom stereocenters. The maximum Gasteiger partial charge on any atom is 0.0221 e. The SMILES string of the molecule is CCN(CCCN1CCCC1)C1CCCNC1. The fourth-order valence-corrected chi connectivity index (χ4v) is 3.25. The summed E-state index contributed by atoms with van der Waals surface area (Å²) in [5.74, 6) is 0. The number of nitrogens with zero attached hydrogens (tertiary/aromatic N) is 2. The van der Waals surface area contributed by atoms with E-state index in [9.17, 15) is 0 Å². The number of rotatable bonds is 6. The molecule has 100 valence electrons. The van der Waals surface area contributed by atoms with Gasteiger partial charge in [-0.3, -0.25) is 4.90 Å². The molecule has 2 fully saturated rings. The van der Waals surface area contributed by atoms with E-state index in [0.29, 0.717) is 0 Å². The first-order valence-corrected chi connectivity index (χ1v) is 7.57. The van der Waals surface area contributed by atoms with Gasteiger partial charge in [-0.05, 0) is 71.4 Å². The van der Waals surface area contributed by atoms with Gasteiger partial charge < -0.3 is 10.2 Å². The van der Waals surface area contributed by atoms with Gasteiger partial charge in [-0.1, -0.05) is 6.92 Å². The zero-order valence-corrected chi connectivity index (χ0v) is 11.5. The molecule has 3 nitrogen and oxygen atoms in total. The first kappa shape index (κ1) is 13.3. The van der Waals surface area contributed by atoms with Gasteiger partial charge in [0.15, 0.2) is 0 Å². The quantitative estimate of drug-likeness (QED) is 0.758. The second-order valence-electron chi connectivity index (χ2n) is 5.53. The van der Waals surface area contributed by atoms with Crippen molar-refractivity contribution in [3.8, 4) is 0 Å². The van der Waals surface area contributed by atoms with E-state index in [-0.39, 0.29) is 0 Å². The van der Waals surface area contributed by atoms with Crippen LogP contribution in [-0.4, -0.2) is 61.7 Å². The van der Waals surface area contributed by atoms with Crippen LogP contribution in [0.5, 0.6) is 0 Å². The third-order valence-electron chi connectivity index (χ3n) is 4.31. The van der Waals surface area contributed by atoms with Crippen molar-refractivity contribution in [2.24, 2.45) is 0 Å². The summed E-state index contributed by atoms with van der Waals surface area (Å²) in [5.41, 5.74) is 0. The lowest BCUT2D eigenvalue weighted by molar-refractivity contribution is 0.164. The highest BCUT2D eigenvalue weighted by Gasteiger charge is 2.19. The zero-order valence-electron chi connectivity index (χ0n) is 11.5. The Morgan fingerprint density at radius 1 is 1.24 bits per heavy atom. The van der Waals surface area contributed by atoms with Crippen LogP contribution >= 0.6 is 0 Å². The number of likely N-dealkylation sites (N-methyl/N-ethyl adjacent to an activating group) is 1. The van der Waals surface area contributed by atoms with Crippen molar-refractivity contribution in [2.75, 3.05) is 45.8 Å². The minimum absolute atomic E-state index is 0.798. The molecule has 0 aromatic rings. The molecule has 3 heteroatoms. The second kappa shape index (κ2) is 7.34. The molecule has 0 spiro atoms. The van der Waals surface area contributed by atoms with Gasteiger partial charge in [0.25, 0.3) is 0 Å². The molecule has 1 N–H and O–H groups in total. The van der Waals surface area contributed by atoms with Crippen LogP contribution in [0.4, 0.5) is 0 Å². The van der Waals surface area contributed by atoms with Gasteiger partial charge in [-0.2, -0.15) is 0 Å². The van der Waals surface area contributed by atoms with Gasteiger partial charge in [-0.15, -0.1) is 0 Å². The first-order valence-electron chi connectivity index (χ1n) is 7.57. The minimum atomic E-state index is 0.798. The Balaban J connectivity index is 1.63. The van der Waals surface area contributed by atoms with Gasteiger partial charge in [-0.25, -0.2) is 0 Å². The van der Waals surface area contributed by atoms with Crippen LogP contribution in [0.3, 0.4) is 0 Å². The fourth-order valence-electron chi connectivity index (χ4n) is 3.25. The average Bonchev–Trinajstić information content (AvgIpc) is 2.89. The molecule has 2 aliphatic heterocycles. The lowest BCUT2D eigenvalue weighted by Crippen LogP contribution is -2.46. The van der Waals surface area contributed by atoms with Crippen molar-refractivity contribution in [3.05, 3.63) is 0 Å². The summed E-state index contributed by atoms with van der Waals surface area (Å²) < 4.78 is 0. The number of hydrogen-bond donors (Lipinski definition) is 1. The lowest BCUT2D eigenvalue weighted by Gasteiger charge is -2.34. The predicted molar refractivity (Wildman–Crippen MR) is 73.4 cm³/mol. The van der Waals surface area contributed by atoms with Crippen LogP contribution in [-0.2, 0) is 0 Å². The maximum absolute atomic E-state index is 3.53. The Hall–Kier alpha value is -0.120. The number of hydrogen-bond acceptors (Lipinski definition) is 3. The largest absolute Gasteiger partial charge is 0.315 e. The molecule has 0 amide bonds. The van der Waals surface area contributed by atoms with Crippen LogP contribution in [0.25, 0.3) is 0 Å². The van der Waals surface area contributed by atoms with Crippen molar-refractivity contribution in [1.29, 1.82) is 0 Å². The minimum Gasteiger partial charge on any atom is -0.315 e. The lowest BCUT2D eigenvalue weighted by atomic mass is 10.1. The third-order valence-corrected chi connectivity index (χ3v) is 4.31. The van der Waals surface area contributed by atoms with E-state index in [1.807, 2.05) is 0 Å². The fraction of sp³-hybridized carbons (Fsp3) is 1.00. The van der Waals surface area contributed by atoms with Crippen LogP contribution in [0.15, 0.2) is 0 Å². The summed E-state index contributed by atoms with van der Waals surface area (Å²) in [7, 11) is 0. The summed E-state index contributed by atoms with van der Waals surface area (Å²) in [4.78, 5) is 5.31. The molecular formula is C14H29N3. The molecule has 2 heterocycles. The molecule has 0 aromatic carbocycles. The van der Waals surface area contributed by atoms with E-state index in [2.05, 4.69) is 22.0 Å². The smallest absolute Gasteiger partial charge is 0.0221 e. The van der Waals surface area contributed by atoms with E-state index >= 15 is 0 Å². The maximum atomic E-state index is 3.53. The van der Waals surface area contributed by atoms with Crippen LogP contribution < -0.4 is 5.32 Å². The molecule has 2 saturated heterocycles. The van der Waals surface area contributed by atoms with Crippen LogP contribution in [0, 0.1) is 0 Å². The van der Waals surface area contributed by atoms with Crippen molar-refractivity contribution in [2.45, 2.75) is 45.1 Å². The summed E-state index contributed by atoms with van der Waals surface area (Å²) in [6, 6.07) is 0.798. The Morgan fingerprint density at radius 2 is 2.06 bits per heavy atom. The van der Waals surface area contributed by atoms with E-state index in [0.717, 1.165) is 6.04 Å². The summed E-state index contributed by atoms with van der Waals surface area (Å²) in [5, 5.41) is 3.53. The number of piperidine rings is 1. The summed E-state index contributed by atoms with van der Waals surface area (Å²) in [6.07, 6.45) is 6.94. The van der Waals surface area contributed by atoms with Crippen molar-refractivity contribution >= 4 is 0 Å². The number of likely N-dealkylation sites (tertiary alicyclic amines) is 1. The van der Waals surface area contributed by atoms with Gasteiger partial charge in [0, 0.05) is 12.6 Å². The van der Waals surface area contributed by atoms with Gasteiger partial charge in [0.2, 0.25) is 0 Å². The molecule has 0 aromatic heterocycles. The van der Waals surface area contributed by atoms with Gasteiger partial charge in [0.1, 0.15) is 0 Å². The Bertz CT molecular complexity index is 196. The monoisotopic (exact) mass is 239 g/mol. The molecule has 0 saturated carbocycles. The van der Waals surface area contributed by atoms with E-state index in [4.69, 9.17) is 0 Å². The van der Waals surface area contributed by atoms with Crippen molar-refractivity contribution in [1.82, 2.24) is 15.1 Å². The topological polar surface area (TPSA) is 18.5 Å². The predicted octanol–water partition coefficient (Wildman–Crippen LogP) is 1.55. The third kappa shape index (κ3) is 4.23. The standard InChI is InChI=1S/C14H29N3/c1-2-17(14-7-5-8-15-13-14)12-6-11-16-9-3-4-10-16/h14-15H,2-13H2,1H3. The molecule has 0 radical (unpaired) electrons. The first-order chi connectivity index (χ1) is 8.40. The normalized spacial score (nSPS) is 26.8. The average molecular weight is 239 g/mol. The van der Waals surface area contributed by atoms with E-state index in [1.54, 1.807) is 0 Å². The van der Waals surface area contributed by atoms with E-state index < -0.39 is 0 Å². The second-order valence-corrected chi connectivity index (χ2v) is 5.53. The van der Waals surface area contributed by atoms with E-state index in [1.165, 1.54) is 77.9 Å². The van der Waals surface area contributed by atoms with Crippen molar-refractivity contribution in [3.63, 3.8) is 0 Å².